The third kappa shape index (κ3) is 3.93. The molecule has 0 saturated carbocycles. The molecule has 3 aliphatic heterocycles. The molecular formula is C27H27N3O2S. The molecule has 2 aromatic rings. The minimum absolute atomic E-state index is 0.320. The van der Waals surface area contributed by atoms with Crippen LogP contribution in [0.3, 0.4) is 0 Å². The molecule has 4 aliphatic rings. The van der Waals surface area contributed by atoms with E-state index in [-0.39, 0.29) is 5.79 Å². The van der Waals surface area contributed by atoms with Crippen molar-refractivity contribution in [2.75, 3.05) is 32.0 Å². The van der Waals surface area contributed by atoms with Gasteiger partial charge in [-0.15, -0.1) is 11.3 Å². The molecule has 1 aliphatic carbocycles. The number of nitrogens with one attached hydrogen (secondary N) is 1. The Morgan fingerprint density at radius 3 is 2.45 bits per heavy atom. The van der Waals surface area contributed by atoms with Gasteiger partial charge in [0.25, 0.3) is 0 Å². The van der Waals surface area contributed by atoms with E-state index in [2.05, 4.69) is 41.3 Å². The van der Waals surface area contributed by atoms with E-state index >= 15 is 0 Å². The number of fused-ring (bicyclic) bond motifs is 2. The van der Waals surface area contributed by atoms with Crippen LogP contribution < -0.4 is 11.1 Å². The molecule has 0 radical (unpaired) electrons. The summed E-state index contributed by atoms with van der Waals surface area (Å²) in [6.45, 7) is 4.37. The summed E-state index contributed by atoms with van der Waals surface area (Å²) in [4.78, 5) is 3.59. The van der Waals surface area contributed by atoms with E-state index in [1.807, 2.05) is 24.3 Å². The second kappa shape index (κ2) is 8.22. The van der Waals surface area contributed by atoms with Crippen LogP contribution in [-0.2, 0) is 16.0 Å². The third-order valence-electron chi connectivity index (χ3n) is 6.83. The first-order valence-corrected chi connectivity index (χ1v) is 12.3. The first-order chi connectivity index (χ1) is 16.1. The summed E-state index contributed by atoms with van der Waals surface area (Å²) in [6, 6.07) is 21.0. The summed E-state index contributed by atoms with van der Waals surface area (Å²) in [7, 11) is 0. The van der Waals surface area contributed by atoms with Gasteiger partial charge in [0, 0.05) is 58.7 Å². The number of hydrogen-bond donors (Lipinski definition) is 2. The summed E-state index contributed by atoms with van der Waals surface area (Å²) in [5.74, 6) is -0.320. The highest BCUT2D eigenvalue weighted by Crippen LogP contribution is 2.43. The molecule has 1 spiro atoms. The zero-order chi connectivity index (χ0) is 22.4. The lowest BCUT2D eigenvalue weighted by Crippen LogP contribution is -2.44. The average Bonchev–Trinajstić information content (AvgIpc) is 3.28. The molecule has 0 aromatic heterocycles. The van der Waals surface area contributed by atoms with Crippen molar-refractivity contribution in [3.8, 4) is 21.6 Å². The maximum Gasteiger partial charge on any atom is 0.170 e. The van der Waals surface area contributed by atoms with E-state index in [0.29, 0.717) is 5.36 Å². The normalized spacial score (nSPS) is 18.4. The van der Waals surface area contributed by atoms with Gasteiger partial charge in [0.1, 0.15) is 0 Å². The summed E-state index contributed by atoms with van der Waals surface area (Å²) in [5.41, 5.74) is 11.7. The number of likely N-dealkylation sites (tertiary alicyclic amines) is 1. The zero-order valence-electron chi connectivity index (χ0n) is 18.5. The van der Waals surface area contributed by atoms with Gasteiger partial charge in [-0.1, -0.05) is 36.4 Å². The Balaban J connectivity index is 1.30. The Morgan fingerprint density at radius 1 is 0.939 bits per heavy atom. The zero-order valence-corrected chi connectivity index (χ0v) is 19.3. The second-order valence-corrected chi connectivity index (χ2v) is 10.1. The lowest BCUT2D eigenvalue weighted by atomic mass is 9.94. The van der Waals surface area contributed by atoms with Crippen molar-refractivity contribution in [1.82, 2.24) is 4.90 Å². The van der Waals surface area contributed by atoms with Gasteiger partial charge < -0.3 is 20.6 Å². The Hall–Kier alpha value is -2.77. The van der Waals surface area contributed by atoms with Crippen LogP contribution in [-0.4, -0.2) is 37.0 Å². The number of nitrogens with two attached hydrogens (primary N) is 1. The van der Waals surface area contributed by atoms with Crippen molar-refractivity contribution in [2.24, 2.45) is 0 Å². The second-order valence-electron chi connectivity index (χ2n) is 9.02. The van der Waals surface area contributed by atoms with Crippen LogP contribution in [0, 0.1) is 5.41 Å². The molecule has 3 heterocycles. The Kier molecular flexibility index (Phi) is 5.18. The van der Waals surface area contributed by atoms with Crippen LogP contribution in [0.4, 0.5) is 5.69 Å². The van der Waals surface area contributed by atoms with Crippen LogP contribution >= 0.6 is 11.3 Å². The minimum Gasteiger partial charge on any atom is -0.399 e. The number of ether oxygens (including phenoxy) is 2. The molecule has 2 aromatic carbocycles. The highest BCUT2D eigenvalue weighted by atomic mass is 32.1. The number of hydrogen-bond acceptors (Lipinski definition) is 6. The number of nitrogen functional groups attached to an aromatic ring is 1. The van der Waals surface area contributed by atoms with Gasteiger partial charge in [-0.3, -0.25) is 4.90 Å². The highest BCUT2D eigenvalue weighted by molar-refractivity contribution is 7.21. The fourth-order valence-electron chi connectivity index (χ4n) is 5.09. The van der Waals surface area contributed by atoms with Gasteiger partial charge >= 0.3 is 0 Å². The molecule has 6 rings (SSSR count). The number of rotatable bonds is 3. The van der Waals surface area contributed by atoms with E-state index in [4.69, 9.17) is 20.6 Å². The van der Waals surface area contributed by atoms with Crippen molar-refractivity contribution < 1.29 is 9.47 Å². The largest absolute Gasteiger partial charge is 0.399 e. The minimum atomic E-state index is -0.320. The number of anilines is 1. The van der Waals surface area contributed by atoms with Gasteiger partial charge in [0.2, 0.25) is 0 Å². The first kappa shape index (κ1) is 20.8. The molecule has 5 nitrogen and oxygen atoms in total. The van der Waals surface area contributed by atoms with E-state index in [0.717, 1.165) is 61.0 Å². The molecule has 2 saturated heterocycles. The summed E-state index contributed by atoms with van der Waals surface area (Å²) < 4.78 is 12.9. The molecule has 3 N–H and O–H groups in total. The van der Waals surface area contributed by atoms with E-state index in [1.54, 1.807) is 11.3 Å². The predicted octanol–water partition coefficient (Wildman–Crippen LogP) is 5.07. The molecule has 6 heteroatoms. The fraction of sp³-hybridized carbons (Fsp3) is 0.296. The summed E-state index contributed by atoms with van der Waals surface area (Å²) in [5, 5.41) is 9.79. The molecule has 33 heavy (non-hydrogen) atoms. The predicted molar refractivity (Wildman–Crippen MR) is 133 cm³/mol. The van der Waals surface area contributed by atoms with Gasteiger partial charge in [0.15, 0.2) is 5.79 Å². The van der Waals surface area contributed by atoms with Gasteiger partial charge in [0.05, 0.1) is 18.6 Å². The van der Waals surface area contributed by atoms with Crippen molar-refractivity contribution in [1.29, 1.82) is 5.41 Å². The third-order valence-corrected chi connectivity index (χ3v) is 7.94. The topological polar surface area (TPSA) is 71.6 Å². The van der Waals surface area contributed by atoms with Crippen molar-refractivity contribution in [3.05, 3.63) is 71.6 Å². The smallest absolute Gasteiger partial charge is 0.170 e. The Bertz CT molecular complexity index is 1330. The van der Waals surface area contributed by atoms with Crippen LogP contribution in [0.2, 0.25) is 0 Å². The highest BCUT2D eigenvalue weighted by Gasteiger charge is 2.39. The van der Waals surface area contributed by atoms with Crippen molar-refractivity contribution >= 4 is 27.1 Å². The lowest BCUT2D eigenvalue weighted by molar-refractivity contribution is -0.185. The molecule has 168 valence electrons. The number of nitrogens with zero attached hydrogens (tertiary/aromatic N) is 1. The summed E-state index contributed by atoms with van der Waals surface area (Å²) in [6.07, 6.45) is 1.88. The van der Waals surface area contributed by atoms with E-state index < -0.39 is 0 Å². The molecule has 0 bridgehead atoms. The average molecular weight is 458 g/mol. The molecule has 0 unspecified atom stereocenters. The van der Waals surface area contributed by atoms with Crippen molar-refractivity contribution in [3.63, 3.8) is 0 Å². The maximum atomic E-state index is 8.07. The Morgan fingerprint density at radius 2 is 1.70 bits per heavy atom. The number of piperidine rings is 1. The Labute approximate surface area is 197 Å². The molecule has 2 fully saturated rings. The maximum absolute atomic E-state index is 8.07. The van der Waals surface area contributed by atoms with Gasteiger partial charge in [-0.2, -0.15) is 0 Å². The quantitative estimate of drug-likeness (QED) is 0.333. The molecule has 0 amide bonds. The van der Waals surface area contributed by atoms with Crippen LogP contribution in [0.5, 0.6) is 0 Å². The van der Waals surface area contributed by atoms with Gasteiger partial charge in [-0.25, -0.2) is 0 Å². The number of benzene rings is 3. The van der Waals surface area contributed by atoms with Crippen molar-refractivity contribution in [2.45, 2.75) is 25.2 Å². The van der Waals surface area contributed by atoms with Crippen LogP contribution in [0.15, 0.2) is 60.7 Å². The van der Waals surface area contributed by atoms with Crippen LogP contribution in [0.1, 0.15) is 18.4 Å². The van der Waals surface area contributed by atoms with Crippen LogP contribution in [0.25, 0.3) is 31.7 Å². The SMILES string of the molecule is N=c1ccc2c(-c3ccc(CN4CCC5(CC4)OCCO5)cc3)c3ccc(N)cc3sc-2c1. The van der Waals surface area contributed by atoms with Gasteiger partial charge in [-0.05, 0) is 41.0 Å². The fourth-order valence-corrected chi connectivity index (χ4v) is 6.27. The molecular weight excluding hydrogens is 430 g/mol. The van der Waals surface area contributed by atoms with E-state index in [9.17, 15) is 0 Å². The lowest BCUT2D eigenvalue weighted by Gasteiger charge is -2.37. The molecule has 0 atom stereocenters. The van der Waals surface area contributed by atoms with E-state index in [1.165, 1.54) is 27.6 Å². The standard InChI is InChI=1S/C27H27N3O2S/c28-20-5-7-22-24(15-20)33-25-16-21(29)6-8-23(25)26(22)19-3-1-18(2-4-19)17-30-11-9-27(10-12-30)31-13-14-32-27/h1-8,15-16,28H,9-14,17,29H2. The first-order valence-electron chi connectivity index (χ1n) is 11.5. The monoisotopic (exact) mass is 457 g/mol. The summed E-state index contributed by atoms with van der Waals surface area (Å²) >= 11 is 1.70.